The van der Waals surface area contributed by atoms with Crippen LogP contribution in [0.4, 0.5) is 5.69 Å². The summed E-state index contributed by atoms with van der Waals surface area (Å²) in [6.45, 7) is 3.22. The van der Waals surface area contributed by atoms with Crippen LogP contribution >= 0.6 is 0 Å². The third-order valence-electron chi connectivity index (χ3n) is 3.01. The van der Waals surface area contributed by atoms with Crippen LogP contribution in [0.15, 0.2) is 42.5 Å². The van der Waals surface area contributed by atoms with Gasteiger partial charge in [0.25, 0.3) is 5.91 Å². The lowest BCUT2D eigenvalue weighted by molar-refractivity contribution is 0.101. The molecule has 1 amide bonds. The molecule has 0 bridgehead atoms. The highest BCUT2D eigenvalue weighted by molar-refractivity contribution is 6.04. The van der Waals surface area contributed by atoms with Crippen LogP contribution in [0.25, 0.3) is 0 Å². The number of hydrogen-bond donors (Lipinski definition) is 2. The molecule has 2 aromatic rings. The van der Waals surface area contributed by atoms with Crippen molar-refractivity contribution >= 4 is 17.4 Å². The number of amides is 1. The van der Waals surface area contributed by atoms with E-state index in [1.54, 1.807) is 43.3 Å². The lowest BCUT2D eigenvalue weighted by Crippen LogP contribution is -2.12. The number of Topliss-reactive ketones (excluding diaryl/α,β-unsaturated/α-hetero) is 1. The number of benzene rings is 2. The number of anilines is 1. The average Bonchev–Trinajstić information content (AvgIpc) is 2.42. The van der Waals surface area contributed by atoms with Gasteiger partial charge in [-0.05, 0) is 61.9 Å². The van der Waals surface area contributed by atoms with Crippen LogP contribution in [0.5, 0.6) is 5.75 Å². The Balaban J connectivity index is 2.14. The van der Waals surface area contributed by atoms with Crippen molar-refractivity contribution < 1.29 is 14.7 Å². The molecule has 0 radical (unpaired) electrons. The third-order valence-corrected chi connectivity index (χ3v) is 3.01. The Bertz CT molecular complexity index is 660. The number of phenols is 1. The fraction of sp³-hybridized carbons (Fsp3) is 0.125. The number of hydrogen-bond acceptors (Lipinski definition) is 3. The summed E-state index contributed by atoms with van der Waals surface area (Å²) in [6, 6.07) is 11.4. The van der Waals surface area contributed by atoms with Gasteiger partial charge in [0.2, 0.25) is 0 Å². The molecule has 20 heavy (non-hydrogen) atoms. The van der Waals surface area contributed by atoms with Crippen LogP contribution < -0.4 is 5.32 Å². The highest BCUT2D eigenvalue weighted by Gasteiger charge is 2.08. The van der Waals surface area contributed by atoms with Gasteiger partial charge in [-0.25, -0.2) is 0 Å². The van der Waals surface area contributed by atoms with E-state index in [9.17, 15) is 14.7 Å². The number of carbonyl (C=O) groups excluding carboxylic acids is 2. The van der Waals surface area contributed by atoms with E-state index in [1.807, 2.05) is 0 Å². The van der Waals surface area contributed by atoms with Gasteiger partial charge in [-0.3, -0.25) is 9.59 Å². The SMILES string of the molecule is CC(=O)c1ccc(NC(=O)c2ccc(O)c(C)c2)cc1. The number of carbonyl (C=O) groups is 2. The molecule has 102 valence electrons. The largest absolute Gasteiger partial charge is 0.508 e. The lowest BCUT2D eigenvalue weighted by atomic mass is 10.1. The maximum absolute atomic E-state index is 12.0. The van der Waals surface area contributed by atoms with Crippen LogP contribution in [-0.2, 0) is 0 Å². The second-order valence-electron chi connectivity index (χ2n) is 4.59. The highest BCUT2D eigenvalue weighted by atomic mass is 16.3. The Hall–Kier alpha value is -2.62. The first kappa shape index (κ1) is 13.8. The van der Waals surface area contributed by atoms with Crippen molar-refractivity contribution in [1.82, 2.24) is 0 Å². The molecule has 2 aromatic carbocycles. The van der Waals surface area contributed by atoms with Crippen LogP contribution in [0.1, 0.15) is 33.2 Å². The van der Waals surface area contributed by atoms with Crippen molar-refractivity contribution in [3.8, 4) is 5.75 Å². The molecule has 0 saturated heterocycles. The van der Waals surface area contributed by atoms with Crippen molar-refractivity contribution in [2.24, 2.45) is 0 Å². The zero-order valence-corrected chi connectivity index (χ0v) is 11.3. The highest BCUT2D eigenvalue weighted by Crippen LogP contribution is 2.18. The smallest absolute Gasteiger partial charge is 0.255 e. The fourth-order valence-corrected chi connectivity index (χ4v) is 1.79. The Labute approximate surface area is 117 Å². The maximum atomic E-state index is 12.0. The Morgan fingerprint density at radius 2 is 1.60 bits per heavy atom. The molecule has 0 aromatic heterocycles. The summed E-state index contributed by atoms with van der Waals surface area (Å²) in [5.74, 6) is -0.118. The number of nitrogens with one attached hydrogen (secondary N) is 1. The quantitative estimate of drug-likeness (QED) is 0.841. The van der Waals surface area contributed by atoms with E-state index < -0.39 is 0 Å². The molecule has 4 nitrogen and oxygen atoms in total. The molecule has 0 unspecified atom stereocenters. The number of phenolic OH excluding ortho intramolecular Hbond substituents is 1. The first-order valence-electron chi connectivity index (χ1n) is 6.19. The molecule has 2 N–H and O–H groups in total. The van der Waals surface area contributed by atoms with E-state index in [0.29, 0.717) is 22.4 Å². The monoisotopic (exact) mass is 269 g/mol. The Morgan fingerprint density at radius 1 is 1.00 bits per heavy atom. The van der Waals surface area contributed by atoms with Gasteiger partial charge in [0.05, 0.1) is 0 Å². The van der Waals surface area contributed by atoms with Crippen molar-refractivity contribution in [3.05, 3.63) is 59.2 Å². The standard InChI is InChI=1S/C16H15NO3/c1-10-9-13(5-8-15(10)19)16(20)17-14-6-3-12(4-7-14)11(2)18/h3-9,19H,1-2H3,(H,17,20). The fourth-order valence-electron chi connectivity index (χ4n) is 1.79. The topological polar surface area (TPSA) is 66.4 Å². The molecule has 4 heteroatoms. The molecule has 0 atom stereocenters. The minimum Gasteiger partial charge on any atom is -0.508 e. The minimum atomic E-state index is -0.260. The Morgan fingerprint density at radius 3 is 2.15 bits per heavy atom. The van der Waals surface area contributed by atoms with Gasteiger partial charge in [-0.2, -0.15) is 0 Å². The lowest BCUT2D eigenvalue weighted by Gasteiger charge is -2.07. The molecule has 0 heterocycles. The third kappa shape index (κ3) is 3.03. The molecule has 0 aliphatic carbocycles. The predicted molar refractivity (Wildman–Crippen MR) is 77.2 cm³/mol. The minimum absolute atomic E-state index is 0.0166. The van der Waals surface area contributed by atoms with Gasteiger partial charge < -0.3 is 10.4 Å². The number of rotatable bonds is 3. The normalized spacial score (nSPS) is 10.1. The van der Waals surface area contributed by atoms with Crippen molar-refractivity contribution in [2.75, 3.05) is 5.32 Å². The van der Waals surface area contributed by atoms with E-state index in [0.717, 1.165) is 0 Å². The number of aryl methyl sites for hydroxylation is 1. The summed E-state index contributed by atoms with van der Waals surface area (Å²) >= 11 is 0. The maximum Gasteiger partial charge on any atom is 0.255 e. The van der Waals surface area contributed by atoms with Crippen molar-refractivity contribution in [3.63, 3.8) is 0 Å². The molecule has 0 spiro atoms. The zero-order chi connectivity index (χ0) is 14.7. The molecular formula is C16H15NO3. The molecule has 0 aliphatic heterocycles. The molecule has 0 fully saturated rings. The number of ketones is 1. The van der Waals surface area contributed by atoms with E-state index in [4.69, 9.17) is 0 Å². The van der Waals surface area contributed by atoms with Crippen LogP contribution in [-0.4, -0.2) is 16.8 Å². The van der Waals surface area contributed by atoms with Crippen molar-refractivity contribution in [1.29, 1.82) is 0 Å². The first-order chi connectivity index (χ1) is 9.47. The molecule has 0 aliphatic rings. The summed E-state index contributed by atoms with van der Waals surface area (Å²) in [6.07, 6.45) is 0. The average molecular weight is 269 g/mol. The summed E-state index contributed by atoms with van der Waals surface area (Å²) in [5.41, 5.74) is 2.33. The molecular weight excluding hydrogens is 254 g/mol. The van der Waals surface area contributed by atoms with Gasteiger partial charge >= 0.3 is 0 Å². The summed E-state index contributed by atoms with van der Waals surface area (Å²) in [5, 5.41) is 12.2. The zero-order valence-electron chi connectivity index (χ0n) is 11.3. The second kappa shape index (κ2) is 5.57. The van der Waals surface area contributed by atoms with Crippen LogP contribution in [0.2, 0.25) is 0 Å². The van der Waals surface area contributed by atoms with Gasteiger partial charge in [-0.15, -0.1) is 0 Å². The van der Waals surface area contributed by atoms with Crippen LogP contribution in [0.3, 0.4) is 0 Å². The van der Waals surface area contributed by atoms with E-state index in [2.05, 4.69) is 5.32 Å². The Kier molecular flexibility index (Phi) is 3.84. The number of aromatic hydroxyl groups is 1. The summed E-state index contributed by atoms with van der Waals surface area (Å²) < 4.78 is 0. The van der Waals surface area contributed by atoms with Gasteiger partial charge in [-0.1, -0.05) is 0 Å². The van der Waals surface area contributed by atoms with E-state index >= 15 is 0 Å². The van der Waals surface area contributed by atoms with Gasteiger partial charge in [0.1, 0.15) is 5.75 Å². The van der Waals surface area contributed by atoms with Crippen LogP contribution in [0, 0.1) is 6.92 Å². The van der Waals surface area contributed by atoms with E-state index in [-0.39, 0.29) is 17.4 Å². The van der Waals surface area contributed by atoms with Crippen molar-refractivity contribution in [2.45, 2.75) is 13.8 Å². The van der Waals surface area contributed by atoms with Gasteiger partial charge in [0, 0.05) is 16.8 Å². The summed E-state index contributed by atoms with van der Waals surface area (Å²) in [7, 11) is 0. The predicted octanol–water partition coefficient (Wildman–Crippen LogP) is 3.16. The van der Waals surface area contributed by atoms with Gasteiger partial charge in [0.15, 0.2) is 5.78 Å². The summed E-state index contributed by atoms with van der Waals surface area (Å²) in [4.78, 5) is 23.2. The first-order valence-corrected chi connectivity index (χ1v) is 6.19. The molecule has 0 saturated carbocycles. The van der Waals surface area contributed by atoms with E-state index in [1.165, 1.54) is 13.0 Å². The molecule has 2 rings (SSSR count). The second-order valence-corrected chi connectivity index (χ2v) is 4.59.